The molecule has 2 aromatic carbocycles. The third-order valence-corrected chi connectivity index (χ3v) is 3.61. The number of alkyl halides is 1. The summed E-state index contributed by atoms with van der Waals surface area (Å²) in [4.78, 5) is 4.60. The molecule has 0 saturated heterocycles. The van der Waals surface area contributed by atoms with Crippen LogP contribution in [0.5, 0.6) is 0 Å². The number of hydrogen-bond acceptors (Lipinski definition) is 2. The van der Waals surface area contributed by atoms with Crippen LogP contribution < -0.4 is 0 Å². The molecule has 2 aromatic heterocycles. The van der Waals surface area contributed by atoms with Gasteiger partial charge in [0.25, 0.3) is 0 Å². The molecule has 0 aliphatic carbocycles. The van der Waals surface area contributed by atoms with Gasteiger partial charge in [0.05, 0.1) is 17.6 Å². The maximum absolute atomic E-state index is 12.9. The van der Waals surface area contributed by atoms with Crippen molar-refractivity contribution in [1.29, 1.82) is 0 Å². The van der Waals surface area contributed by atoms with Gasteiger partial charge in [0.15, 0.2) is 11.6 Å². The number of rotatable bonds is 3. The van der Waals surface area contributed by atoms with Crippen molar-refractivity contribution in [3.63, 3.8) is 0 Å². The van der Waals surface area contributed by atoms with Gasteiger partial charge in [-0.2, -0.15) is 0 Å². The highest BCUT2D eigenvalue weighted by molar-refractivity contribution is 5.84. The molecule has 4 aromatic rings. The fourth-order valence-corrected chi connectivity index (χ4v) is 2.67. The Kier molecular flexibility index (Phi) is 2.74. The Balaban J connectivity index is 1.98. The lowest BCUT2D eigenvalue weighted by Gasteiger charge is -2.04. The highest BCUT2D eigenvalue weighted by Crippen LogP contribution is 2.29. The van der Waals surface area contributed by atoms with E-state index in [0.717, 1.165) is 22.0 Å². The van der Waals surface area contributed by atoms with E-state index in [-0.39, 0.29) is 6.54 Å². The number of hydrogen-bond donors (Lipinski definition) is 0. The molecule has 0 unspecified atom stereocenters. The van der Waals surface area contributed by atoms with Crippen LogP contribution in [-0.4, -0.2) is 16.2 Å². The van der Waals surface area contributed by atoms with Gasteiger partial charge in [0.2, 0.25) is 0 Å². The molecule has 0 aliphatic heterocycles. The SMILES string of the molecule is FCCn1c(-c2cc3ccccc3o2)nc2ccccc21. The summed E-state index contributed by atoms with van der Waals surface area (Å²) in [7, 11) is 0. The molecule has 21 heavy (non-hydrogen) atoms. The van der Waals surface area contributed by atoms with Crippen LogP contribution in [-0.2, 0) is 6.54 Å². The number of nitrogens with zero attached hydrogens (tertiary/aromatic N) is 2. The first kappa shape index (κ1) is 12.1. The number of halogens is 1. The van der Waals surface area contributed by atoms with E-state index in [4.69, 9.17) is 4.42 Å². The topological polar surface area (TPSA) is 31.0 Å². The Morgan fingerprint density at radius 2 is 1.86 bits per heavy atom. The van der Waals surface area contributed by atoms with Crippen molar-refractivity contribution in [2.45, 2.75) is 6.54 Å². The second-order valence-corrected chi connectivity index (χ2v) is 4.91. The van der Waals surface area contributed by atoms with Gasteiger partial charge in [0, 0.05) is 5.39 Å². The van der Waals surface area contributed by atoms with E-state index >= 15 is 0 Å². The normalized spacial score (nSPS) is 11.5. The zero-order valence-electron chi connectivity index (χ0n) is 11.3. The first-order chi connectivity index (χ1) is 10.4. The molecule has 0 radical (unpaired) electrons. The lowest BCUT2D eigenvalue weighted by Crippen LogP contribution is -2.01. The third kappa shape index (κ3) is 1.91. The lowest BCUT2D eigenvalue weighted by atomic mass is 10.2. The van der Waals surface area contributed by atoms with Gasteiger partial charge in [-0.3, -0.25) is 0 Å². The minimum absolute atomic E-state index is 0.271. The highest BCUT2D eigenvalue weighted by Gasteiger charge is 2.15. The summed E-state index contributed by atoms with van der Waals surface area (Å²) in [6, 6.07) is 17.5. The van der Waals surface area contributed by atoms with Gasteiger partial charge in [0.1, 0.15) is 12.3 Å². The third-order valence-electron chi connectivity index (χ3n) is 3.61. The van der Waals surface area contributed by atoms with Crippen LogP contribution >= 0.6 is 0 Å². The van der Waals surface area contributed by atoms with Gasteiger partial charge in [-0.15, -0.1) is 0 Å². The van der Waals surface area contributed by atoms with E-state index in [1.807, 2.05) is 59.2 Å². The zero-order chi connectivity index (χ0) is 14.2. The van der Waals surface area contributed by atoms with E-state index in [1.54, 1.807) is 0 Å². The van der Waals surface area contributed by atoms with E-state index in [1.165, 1.54) is 0 Å². The van der Waals surface area contributed by atoms with Gasteiger partial charge >= 0.3 is 0 Å². The number of fused-ring (bicyclic) bond motifs is 2. The van der Waals surface area contributed by atoms with Crippen molar-refractivity contribution in [3.8, 4) is 11.6 Å². The second kappa shape index (κ2) is 4.74. The van der Waals surface area contributed by atoms with Crippen molar-refractivity contribution in [1.82, 2.24) is 9.55 Å². The minimum atomic E-state index is -0.437. The predicted molar refractivity (Wildman–Crippen MR) is 80.9 cm³/mol. The number of imidazole rings is 1. The summed E-state index contributed by atoms with van der Waals surface area (Å²) in [5.41, 5.74) is 2.58. The molecular formula is C17H13FN2O. The monoisotopic (exact) mass is 280 g/mol. The second-order valence-electron chi connectivity index (χ2n) is 4.91. The fourth-order valence-electron chi connectivity index (χ4n) is 2.67. The Morgan fingerprint density at radius 3 is 2.71 bits per heavy atom. The molecule has 0 N–H and O–H groups in total. The summed E-state index contributed by atoms with van der Waals surface area (Å²) in [5, 5.41) is 1.02. The molecular weight excluding hydrogens is 267 g/mol. The maximum Gasteiger partial charge on any atom is 0.177 e. The van der Waals surface area contributed by atoms with Crippen LogP contribution in [0.4, 0.5) is 4.39 Å². The van der Waals surface area contributed by atoms with Gasteiger partial charge in [-0.05, 0) is 24.3 Å². The highest BCUT2D eigenvalue weighted by atomic mass is 19.1. The molecule has 0 bridgehead atoms. The molecule has 2 heterocycles. The quantitative estimate of drug-likeness (QED) is 0.556. The summed E-state index contributed by atoms with van der Waals surface area (Å²) in [6.07, 6.45) is 0. The first-order valence-electron chi connectivity index (χ1n) is 6.87. The van der Waals surface area contributed by atoms with Crippen molar-refractivity contribution < 1.29 is 8.81 Å². The van der Waals surface area contributed by atoms with Crippen LogP contribution in [0.3, 0.4) is 0 Å². The molecule has 0 saturated carbocycles. The van der Waals surface area contributed by atoms with Crippen molar-refractivity contribution in [3.05, 3.63) is 54.6 Å². The molecule has 104 valence electrons. The Morgan fingerprint density at radius 1 is 1.05 bits per heavy atom. The summed E-state index contributed by atoms with van der Waals surface area (Å²) >= 11 is 0. The molecule has 0 amide bonds. The number of aromatic nitrogens is 2. The van der Waals surface area contributed by atoms with Crippen molar-refractivity contribution in [2.24, 2.45) is 0 Å². The molecule has 0 atom stereocenters. The summed E-state index contributed by atoms with van der Waals surface area (Å²) in [5.74, 6) is 1.34. The maximum atomic E-state index is 12.9. The first-order valence-corrected chi connectivity index (χ1v) is 6.87. The van der Waals surface area contributed by atoms with E-state index in [9.17, 15) is 4.39 Å². The molecule has 3 nitrogen and oxygen atoms in total. The minimum Gasteiger partial charge on any atom is -0.453 e. The fraction of sp³-hybridized carbons (Fsp3) is 0.118. The van der Waals surface area contributed by atoms with Crippen LogP contribution in [0.15, 0.2) is 59.0 Å². The molecule has 0 fully saturated rings. The molecule has 4 rings (SSSR count). The molecule has 0 aliphatic rings. The van der Waals surface area contributed by atoms with Crippen LogP contribution in [0.25, 0.3) is 33.6 Å². The van der Waals surface area contributed by atoms with Crippen LogP contribution in [0.1, 0.15) is 0 Å². The van der Waals surface area contributed by atoms with Crippen molar-refractivity contribution >= 4 is 22.0 Å². The van der Waals surface area contributed by atoms with E-state index < -0.39 is 6.67 Å². The van der Waals surface area contributed by atoms with Crippen molar-refractivity contribution in [2.75, 3.05) is 6.67 Å². The van der Waals surface area contributed by atoms with Gasteiger partial charge < -0.3 is 8.98 Å². The summed E-state index contributed by atoms with van der Waals surface area (Å²) in [6.45, 7) is -0.166. The number of aryl methyl sites for hydroxylation is 1. The average Bonchev–Trinajstić information content (AvgIpc) is 3.09. The standard InChI is InChI=1S/C17H13FN2O/c18-9-10-20-14-7-3-2-6-13(14)19-17(20)16-11-12-5-1-4-8-15(12)21-16/h1-8,11H,9-10H2. The van der Waals surface area contributed by atoms with Crippen LogP contribution in [0.2, 0.25) is 0 Å². The largest absolute Gasteiger partial charge is 0.453 e. The molecule has 0 spiro atoms. The summed E-state index contributed by atoms with van der Waals surface area (Å²) < 4.78 is 20.6. The number of para-hydroxylation sites is 3. The molecule has 4 heteroatoms. The Hall–Kier alpha value is -2.62. The van der Waals surface area contributed by atoms with E-state index in [2.05, 4.69) is 4.98 Å². The average molecular weight is 280 g/mol. The Labute approximate surface area is 120 Å². The number of benzene rings is 2. The number of furan rings is 1. The van der Waals surface area contributed by atoms with Gasteiger partial charge in [-0.25, -0.2) is 9.37 Å². The van der Waals surface area contributed by atoms with Crippen LogP contribution in [0, 0.1) is 0 Å². The van der Waals surface area contributed by atoms with E-state index in [0.29, 0.717) is 11.6 Å². The predicted octanol–water partition coefficient (Wildman–Crippen LogP) is 4.42. The lowest BCUT2D eigenvalue weighted by molar-refractivity contribution is 0.450. The zero-order valence-corrected chi connectivity index (χ0v) is 11.3. The Bertz CT molecular complexity index is 890. The smallest absolute Gasteiger partial charge is 0.177 e. The van der Waals surface area contributed by atoms with Gasteiger partial charge in [-0.1, -0.05) is 30.3 Å².